The third-order valence-corrected chi connectivity index (χ3v) is 8.10. The van der Waals surface area contributed by atoms with Crippen molar-refractivity contribution in [3.63, 3.8) is 0 Å². The van der Waals surface area contributed by atoms with Crippen molar-refractivity contribution in [3.8, 4) is 17.2 Å². The number of hydrogen-bond acceptors (Lipinski definition) is 11. The molecule has 0 amide bonds. The van der Waals surface area contributed by atoms with Gasteiger partial charge in [-0.3, -0.25) is 14.4 Å². The summed E-state index contributed by atoms with van der Waals surface area (Å²) in [4.78, 5) is 44.2. The smallest absolute Gasteiger partial charge is 0.249 e. The van der Waals surface area contributed by atoms with Crippen LogP contribution in [0.2, 0.25) is 0 Å². The van der Waals surface area contributed by atoms with E-state index in [0.29, 0.717) is 29.8 Å². The molecule has 3 N–H and O–H groups in total. The Bertz CT molecular complexity index is 1450. The van der Waals surface area contributed by atoms with Crippen LogP contribution in [-0.4, -0.2) is 49.7 Å². The van der Waals surface area contributed by atoms with Crippen molar-refractivity contribution in [1.29, 1.82) is 0 Å². The summed E-state index contributed by atoms with van der Waals surface area (Å²) in [6.07, 6.45) is 5.85. The standard InChI is InChI=1S/C27H29N3O7S/c1-11-21(33)19(13(3)31)23-20(22(11)34)27(4)17(36-23)10-16(32)18(24(27)35)12(2)28-15(8-9-38-5)26-29-25(30-37-26)14-6-7-14/h10,14-15,28,33-34H,6-9H2,1-5H3/b18-12+/t15-,27-/m0/s1. The fourth-order valence-electron chi connectivity index (χ4n) is 5.09. The molecule has 10 nitrogen and oxygen atoms in total. The zero-order valence-electron chi connectivity index (χ0n) is 21.8. The molecule has 1 aromatic heterocycles. The van der Waals surface area contributed by atoms with Crippen LogP contribution in [0.25, 0.3) is 0 Å². The minimum absolute atomic E-state index is 0.00763. The third-order valence-electron chi connectivity index (χ3n) is 7.46. The second kappa shape index (κ2) is 9.30. The Morgan fingerprint density at radius 1 is 1.26 bits per heavy atom. The van der Waals surface area contributed by atoms with Gasteiger partial charge in [0.25, 0.3) is 0 Å². The van der Waals surface area contributed by atoms with Gasteiger partial charge in [0, 0.05) is 23.3 Å². The van der Waals surface area contributed by atoms with E-state index in [1.54, 1.807) is 18.7 Å². The number of carbonyl (C=O) groups is 3. The largest absolute Gasteiger partial charge is 0.507 e. The predicted octanol–water partition coefficient (Wildman–Crippen LogP) is 3.91. The van der Waals surface area contributed by atoms with Crippen LogP contribution in [0, 0.1) is 6.92 Å². The minimum atomic E-state index is -1.58. The topological polar surface area (TPSA) is 152 Å². The van der Waals surface area contributed by atoms with Crippen LogP contribution < -0.4 is 10.1 Å². The number of rotatable bonds is 8. The Morgan fingerprint density at radius 3 is 2.61 bits per heavy atom. The molecule has 2 atom stereocenters. The molecule has 1 aromatic carbocycles. The van der Waals surface area contributed by atoms with Gasteiger partial charge in [0.1, 0.15) is 40.0 Å². The summed E-state index contributed by atoms with van der Waals surface area (Å²) in [5, 5.41) is 28.9. The van der Waals surface area contributed by atoms with Gasteiger partial charge in [0.15, 0.2) is 23.2 Å². The lowest BCUT2D eigenvalue weighted by Gasteiger charge is -2.29. The molecule has 3 aliphatic rings. The first kappa shape index (κ1) is 26.0. The van der Waals surface area contributed by atoms with Crippen molar-refractivity contribution in [2.75, 3.05) is 12.0 Å². The molecule has 1 saturated carbocycles. The van der Waals surface area contributed by atoms with Crippen LogP contribution in [0.3, 0.4) is 0 Å². The van der Waals surface area contributed by atoms with Crippen LogP contribution in [0.4, 0.5) is 0 Å². The van der Waals surface area contributed by atoms with E-state index in [1.807, 2.05) is 6.26 Å². The second-order valence-corrected chi connectivity index (χ2v) is 11.1. The van der Waals surface area contributed by atoms with Crippen molar-refractivity contribution < 1.29 is 33.9 Å². The van der Waals surface area contributed by atoms with Gasteiger partial charge in [0.2, 0.25) is 5.89 Å². The van der Waals surface area contributed by atoms with E-state index in [2.05, 4.69) is 15.5 Å². The van der Waals surface area contributed by atoms with Gasteiger partial charge in [-0.1, -0.05) is 5.16 Å². The average Bonchev–Trinajstić information content (AvgIpc) is 3.51. The van der Waals surface area contributed by atoms with Crippen LogP contribution in [0.5, 0.6) is 17.2 Å². The number of aromatic nitrogens is 2. The van der Waals surface area contributed by atoms with E-state index >= 15 is 0 Å². The number of hydrogen-bond donors (Lipinski definition) is 3. The van der Waals surface area contributed by atoms with E-state index in [9.17, 15) is 24.6 Å². The third kappa shape index (κ3) is 3.91. The molecule has 1 aliphatic heterocycles. The van der Waals surface area contributed by atoms with Crippen molar-refractivity contribution in [3.05, 3.63) is 51.5 Å². The lowest BCUT2D eigenvalue weighted by molar-refractivity contribution is -0.123. The molecule has 0 radical (unpaired) electrons. The zero-order chi connectivity index (χ0) is 27.5. The Labute approximate surface area is 223 Å². The minimum Gasteiger partial charge on any atom is -0.507 e. The molecule has 2 heterocycles. The van der Waals surface area contributed by atoms with Crippen molar-refractivity contribution in [2.45, 2.75) is 64.3 Å². The van der Waals surface area contributed by atoms with Crippen LogP contribution in [0.15, 0.2) is 27.6 Å². The summed E-state index contributed by atoms with van der Waals surface area (Å²) >= 11 is 1.64. The van der Waals surface area contributed by atoms with Crippen LogP contribution >= 0.6 is 11.8 Å². The predicted molar refractivity (Wildman–Crippen MR) is 138 cm³/mol. The molecule has 200 valence electrons. The Kier molecular flexibility index (Phi) is 6.37. The monoisotopic (exact) mass is 539 g/mol. The van der Waals surface area contributed by atoms with Gasteiger partial charge in [-0.25, -0.2) is 0 Å². The van der Waals surface area contributed by atoms with Crippen molar-refractivity contribution >= 4 is 29.1 Å². The summed E-state index contributed by atoms with van der Waals surface area (Å²) in [5.74, 6) is -0.425. The molecule has 0 unspecified atom stereocenters. The van der Waals surface area contributed by atoms with Gasteiger partial charge in [0.05, 0.1) is 11.1 Å². The van der Waals surface area contributed by atoms with Gasteiger partial charge < -0.3 is 24.8 Å². The SMILES string of the molecule is CSCC[C@H](N/C(C)=C1\C(=O)C=C2Oc3c(C(C)=O)c(O)c(C)c(O)c3[C@@]2(C)C1=O)c1nc(C2CC2)no1. The Hall–Kier alpha value is -3.60. The molecule has 1 fully saturated rings. The van der Waals surface area contributed by atoms with Crippen LogP contribution in [0.1, 0.15) is 85.2 Å². The number of nitrogens with one attached hydrogen (secondary N) is 1. The molecule has 11 heteroatoms. The molecular weight excluding hydrogens is 510 g/mol. The maximum absolute atomic E-state index is 14.1. The first-order valence-corrected chi connectivity index (χ1v) is 13.8. The number of nitrogens with zero attached hydrogens (tertiary/aromatic N) is 2. The lowest BCUT2D eigenvalue weighted by atomic mass is 9.70. The summed E-state index contributed by atoms with van der Waals surface area (Å²) in [5.41, 5.74) is -1.40. The van der Waals surface area contributed by atoms with E-state index in [0.717, 1.165) is 18.6 Å². The molecule has 0 saturated heterocycles. The summed E-state index contributed by atoms with van der Waals surface area (Å²) in [6, 6.07) is -0.419. The number of benzene rings is 1. The number of ketones is 3. The van der Waals surface area contributed by atoms with Gasteiger partial charge in [-0.15, -0.1) is 0 Å². The normalized spacial score (nSPS) is 22.4. The maximum atomic E-state index is 14.1. The van der Waals surface area contributed by atoms with E-state index in [4.69, 9.17) is 9.26 Å². The number of carbonyl (C=O) groups excluding carboxylic acids is 3. The number of phenols is 2. The fraction of sp³-hybridized carbons (Fsp3) is 0.444. The first-order chi connectivity index (χ1) is 18.0. The number of phenolic OH excluding ortho intramolecular Hbond substituents is 2. The first-order valence-electron chi connectivity index (χ1n) is 12.4. The summed E-state index contributed by atoms with van der Waals surface area (Å²) in [6.45, 7) is 5.87. The lowest BCUT2D eigenvalue weighted by Crippen LogP contribution is -2.41. The summed E-state index contributed by atoms with van der Waals surface area (Å²) < 4.78 is 11.4. The van der Waals surface area contributed by atoms with Crippen molar-refractivity contribution in [2.24, 2.45) is 0 Å². The summed E-state index contributed by atoms with van der Waals surface area (Å²) in [7, 11) is 0. The number of thioether (sulfide) groups is 1. The second-order valence-electron chi connectivity index (χ2n) is 10.1. The highest BCUT2D eigenvalue weighted by Crippen LogP contribution is 2.57. The van der Waals surface area contributed by atoms with E-state index in [-0.39, 0.29) is 39.5 Å². The molecule has 38 heavy (non-hydrogen) atoms. The van der Waals surface area contributed by atoms with E-state index < -0.39 is 34.6 Å². The number of aromatic hydroxyl groups is 2. The highest BCUT2D eigenvalue weighted by molar-refractivity contribution is 7.98. The maximum Gasteiger partial charge on any atom is 0.249 e. The molecular formula is C27H29N3O7S. The van der Waals surface area contributed by atoms with Crippen LogP contribution in [-0.2, 0) is 15.0 Å². The molecule has 2 aromatic rings. The molecule has 0 bridgehead atoms. The van der Waals surface area contributed by atoms with Gasteiger partial charge in [-0.05, 0) is 59.0 Å². The number of fused-ring (bicyclic) bond motifs is 3. The Morgan fingerprint density at radius 2 is 1.97 bits per heavy atom. The Balaban J connectivity index is 1.57. The highest BCUT2D eigenvalue weighted by atomic mass is 32.2. The average molecular weight is 540 g/mol. The van der Waals surface area contributed by atoms with E-state index in [1.165, 1.54) is 26.8 Å². The highest BCUT2D eigenvalue weighted by Gasteiger charge is 2.56. The fourth-order valence-corrected chi connectivity index (χ4v) is 5.56. The molecule has 5 rings (SSSR count). The number of Topliss-reactive ketones (excluding diaryl/α,β-unsaturated/α-hetero) is 2. The van der Waals surface area contributed by atoms with Gasteiger partial charge in [-0.2, -0.15) is 16.7 Å². The zero-order valence-corrected chi connectivity index (χ0v) is 22.6. The molecule has 2 aliphatic carbocycles. The number of ether oxygens (including phenoxy) is 1. The van der Waals surface area contributed by atoms with Gasteiger partial charge >= 0.3 is 0 Å². The number of allylic oxidation sites excluding steroid dienone is 4. The molecule has 0 spiro atoms. The van der Waals surface area contributed by atoms with Crippen molar-refractivity contribution in [1.82, 2.24) is 15.5 Å². The quantitative estimate of drug-likeness (QED) is 0.254.